The van der Waals surface area contributed by atoms with Gasteiger partial charge in [0.1, 0.15) is 5.75 Å². The van der Waals surface area contributed by atoms with Crippen LogP contribution in [0.4, 0.5) is 0 Å². The first kappa shape index (κ1) is 8.98. The number of benzene rings is 1. The largest absolute Gasteiger partial charge is 0.497 e. The molecule has 0 N–H and O–H groups in total. The number of rotatable bonds is 3. The van der Waals surface area contributed by atoms with Crippen LogP contribution in [0.3, 0.4) is 0 Å². The van der Waals surface area contributed by atoms with Crippen molar-refractivity contribution in [2.45, 2.75) is 4.90 Å². The zero-order chi connectivity index (χ0) is 8.10. The van der Waals surface area contributed by atoms with Crippen LogP contribution in [0.25, 0.3) is 0 Å². The van der Waals surface area contributed by atoms with E-state index in [1.165, 1.54) is 4.90 Å². The Morgan fingerprint density at radius 1 is 1.36 bits per heavy atom. The van der Waals surface area contributed by atoms with Gasteiger partial charge in [-0.15, -0.1) is 0 Å². The average Bonchev–Trinajstić information content (AvgIpc) is 2.07. The van der Waals surface area contributed by atoms with Crippen LogP contribution in [0.5, 0.6) is 5.75 Å². The van der Waals surface area contributed by atoms with Crippen molar-refractivity contribution < 1.29 is 4.74 Å². The van der Waals surface area contributed by atoms with Gasteiger partial charge in [0.25, 0.3) is 0 Å². The topological polar surface area (TPSA) is 9.23 Å². The van der Waals surface area contributed by atoms with Crippen LogP contribution in [0, 0.1) is 0 Å². The standard InChI is InChI=1S/C7H7OPS2/c1-8-6-2-4-7(5-3-6)11-9-10/h2-5H,1H3. The van der Waals surface area contributed by atoms with Gasteiger partial charge >= 0.3 is 0 Å². The van der Waals surface area contributed by atoms with E-state index in [-0.39, 0.29) is 0 Å². The molecule has 1 aromatic rings. The van der Waals surface area contributed by atoms with Crippen molar-refractivity contribution in [3.05, 3.63) is 24.3 Å². The van der Waals surface area contributed by atoms with Crippen molar-refractivity contribution in [1.82, 2.24) is 0 Å². The van der Waals surface area contributed by atoms with E-state index in [0.29, 0.717) is 0 Å². The lowest BCUT2D eigenvalue weighted by Crippen LogP contribution is -1.80. The Hall–Kier alpha value is -0.110. The molecule has 1 nitrogen and oxygen atoms in total. The maximum Gasteiger partial charge on any atom is 0.118 e. The van der Waals surface area contributed by atoms with Crippen LogP contribution in [-0.4, -0.2) is 7.11 Å². The Balaban J connectivity index is 2.74. The summed E-state index contributed by atoms with van der Waals surface area (Å²) < 4.78 is 5.01. The molecule has 0 saturated heterocycles. The van der Waals surface area contributed by atoms with Gasteiger partial charge < -0.3 is 4.74 Å². The first-order valence-corrected chi connectivity index (χ1v) is 6.33. The summed E-state index contributed by atoms with van der Waals surface area (Å²) in [6.45, 7) is 0.910. The summed E-state index contributed by atoms with van der Waals surface area (Å²) in [6, 6.07) is 7.87. The fourth-order valence-corrected chi connectivity index (χ4v) is 2.42. The van der Waals surface area contributed by atoms with Crippen LogP contribution in [0.1, 0.15) is 0 Å². The van der Waals surface area contributed by atoms with E-state index in [1.54, 1.807) is 18.5 Å². The van der Waals surface area contributed by atoms with E-state index in [0.717, 1.165) is 12.3 Å². The maximum atomic E-state index is 5.01. The van der Waals surface area contributed by atoms with Crippen molar-refractivity contribution >= 4 is 29.7 Å². The smallest absolute Gasteiger partial charge is 0.118 e. The van der Waals surface area contributed by atoms with Crippen LogP contribution < -0.4 is 4.74 Å². The predicted molar refractivity (Wildman–Crippen MR) is 53.1 cm³/mol. The Labute approximate surface area is 76.7 Å². The fraction of sp³-hybridized carbons (Fsp3) is 0.143. The first-order valence-electron chi connectivity index (χ1n) is 3.00. The summed E-state index contributed by atoms with van der Waals surface area (Å²) in [5.74, 6) is 0.885. The summed E-state index contributed by atoms with van der Waals surface area (Å²) in [7, 11) is 1.66. The van der Waals surface area contributed by atoms with E-state index < -0.39 is 0 Å². The van der Waals surface area contributed by atoms with Crippen molar-refractivity contribution in [1.29, 1.82) is 0 Å². The average molecular weight is 202 g/mol. The molecular weight excluding hydrogens is 195 g/mol. The van der Waals surface area contributed by atoms with Crippen LogP contribution in [0.15, 0.2) is 29.2 Å². The van der Waals surface area contributed by atoms with Crippen molar-refractivity contribution in [3.63, 3.8) is 0 Å². The summed E-state index contributed by atoms with van der Waals surface area (Å²) >= 11 is 6.43. The van der Waals surface area contributed by atoms with Gasteiger partial charge in [-0.3, -0.25) is 0 Å². The minimum Gasteiger partial charge on any atom is -0.497 e. The third kappa shape index (κ3) is 2.78. The summed E-state index contributed by atoms with van der Waals surface area (Å²) in [5.41, 5.74) is 0. The summed E-state index contributed by atoms with van der Waals surface area (Å²) in [6.07, 6.45) is 0. The Morgan fingerprint density at radius 2 is 2.00 bits per heavy atom. The molecule has 0 aliphatic heterocycles. The molecule has 58 valence electrons. The molecule has 0 unspecified atom stereocenters. The third-order valence-corrected chi connectivity index (χ3v) is 3.29. The zero-order valence-electron chi connectivity index (χ0n) is 5.98. The molecular formula is C7H7OPS2. The molecule has 0 fully saturated rings. The summed E-state index contributed by atoms with van der Waals surface area (Å²) in [5, 5.41) is 0. The summed E-state index contributed by atoms with van der Waals surface area (Å²) in [4.78, 5) is 1.18. The van der Waals surface area contributed by atoms with Crippen LogP contribution in [-0.2, 0) is 11.8 Å². The van der Waals surface area contributed by atoms with Crippen LogP contribution >= 0.6 is 17.9 Å². The molecule has 0 bridgehead atoms. The molecule has 0 saturated carbocycles. The Bertz CT molecular complexity index is 235. The van der Waals surface area contributed by atoms with Gasteiger partial charge in [-0.1, -0.05) is 11.4 Å². The van der Waals surface area contributed by atoms with Crippen molar-refractivity contribution in [3.8, 4) is 5.75 Å². The molecule has 4 heteroatoms. The lowest BCUT2D eigenvalue weighted by atomic mass is 10.3. The quantitative estimate of drug-likeness (QED) is 0.697. The first-order chi connectivity index (χ1) is 5.36. The van der Waals surface area contributed by atoms with Gasteiger partial charge in [0, 0.05) is 11.5 Å². The minimum absolute atomic E-state index is 0.885. The normalized spacial score (nSPS) is 9.91. The number of methoxy groups -OCH3 is 1. The van der Waals surface area contributed by atoms with E-state index >= 15 is 0 Å². The van der Waals surface area contributed by atoms with Crippen LogP contribution in [0.2, 0.25) is 0 Å². The zero-order valence-corrected chi connectivity index (χ0v) is 8.51. The molecule has 0 aromatic heterocycles. The van der Waals surface area contributed by atoms with Gasteiger partial charge in [0.15, 0.2) is 0 Å². The van der Waals surface area contributed by atoms with E-state index in [9.17, 15) is 0 Å². The van der Waals surface area contributed by atoms with E-state index in [2.05, 4.69) is 0 Å². The van der Waals surface area contributed by atoms with E-state index in [1.807, 2.05) is 24.3 Å². The second-order valence-electron chi connectivity index (χ2n) is 1.84. The third-order valence-electron chi connectivity index (χ3n) is 1.20. The van der Waals surface area contributed by atoms with Gasteiger partial charge in [0.2, 0.25) is 0 Å². The lowest BCUT2D eigenvalue weighted by Gasteiger charge is -1.98. The molecule has 0 aliphatic carbocycles. The lowest BCUT2D eigenvalue weighted by molar-refractivity contribution is 0.414. The van der Waals surface area contributed by atoms with Gasteiger partial charge in [-0.2, -0.15) is 0 Å². The molecule has 0 atom stereocenters. The highest BCUT2D eigenvalue weighted by molar-refractivity contribution is 8.58. The maximum absolute atomic E-state index is 5.01. The second-order valence-corrected chi connectivity index (χ2v) is 4.98. The molecule has 0 radical (unpaired) electrons. The SMILES string of the molecule is COc1ccc(SP=S)cc1. The predicted octanol–water partition coefficient (Wildman–Crippen LogP) is 3.11. The molecule has 11 heavy (non-hydrogen) atoms. The molecule has 0 aliphatic rings. The minimum atomic E-state index is 0.885. The molecule has 1 rings (SSSR count). The monoisotopic (exact) mass is 202 g/mol. The van der Waals surface area contributed by atoms with Gasteiger partial charge in [0.05, 0.1) is 7.11 Å². The Kier molecular flexibility index (Phi) is 3.84. The fourth-order valence-electron chi connectivity index (χ4n) is 0.680. The number of hydrogen-bond donors (Lipinski definition) is 0. The second kappa shape index (κ2) is 4.70. The van der Waals surface area contributed by atoms with Crippen molar-refractivity contribution in [2.75, 3.05) is 7.11 Å². The molecule has 0 spiro atoms. The highest BCUT2D eigenvalue weighted by atomic mass is 32.9. The highest BCUT2D eigenvalue weighted by Crippen LogP contribution is 2.29. The van der Waals surface area contributed by atoms with E-state index in [4.69, 9.17) is 16.5 Å². The van der Waals surface area contributed by atoms with Gasteiger partial charge in [-0.05, 0) is 36.1 Å². The number of ether oxygens (including phenoxy) is 1. The molecule has 1 aromatic carbocycles. The number of hydrogen-bond acceptors (Lipinski definition) is 3. The molecule has 0 heterocycles. The molecule has 0 amide bonds. The van der Waals surface area contributed by atoms with Gasteiger partial charge in [-0.25, -0.2) is 0 Å². The van der Waals surface area contributed by atoms with Crippen molar-refractivity contribution in [2.24, 2.45) is 0 Å². The Morgan fingerprint density at radius 3 is 2.45 bits per heavy atom. The highest BCUT2D eigenvalue weighted by Gasteiger charge is 1.91.